The van der Waals surface area contributed by atoms with Gasteiger partial charge in [0.2, 0.25) is 5.91 Å². The molecule has 0 aromatic heterocycles. The molecular weight excluding hydrogens is 118 g/mol. The zero-order valence-electron chi connectivity index (χ0n) is 5.31. The summed E-state index contributed by atoms with van der Waals surface area (Å²) in [5.74, 6) is -0.102. The van der Waals surface area contributed by atoms with E-state index in [4.69, 9.17) is 0 Å². The van der Waals surface area contributed by atoms with Crippen molar-refractivity contribution in [2.45, 2.75) is 25.8 Å². The van der Waals surface area contributed by atoms with Crippen LogP contribution in [0.3, 0.4) is 0 Å². The highest BCUT2D eigenvalue weighted by atomic mass is 16.2. The number of nitrogens with one attached hydrogen (secondary N) is 1. The van der Waals surface area contributed by atoms with Crippen molar-refractivity contribution >= 4 is 11.7 Å². The second-order valence-electron chi connectivity index (χ2n) is 2.17. The van der Waals surface area contributed by atoms with E-state index >= 15 is 0 Å². The Kier molecular flexibility index (Phi) is 1.51. The summed E-state index contributed by atoms with van der Waals surface area (Å²) in [7, 11) is 0. The highest BCUT2D eigenvalue weighted by molar-refractivity contribution is 6.07. The smallest absolute Gasteiger partial charge is 0.228 e. The summed E-state index contributed by atoms with van der Waals surface area (Å²) in [5, 5.41) is 2.56. The quantitative estimate of drug-likeness (QED) is 0.498. The van der Waals surface area contributed by atoms with Gasteiger partial charge in [-0.2, -0.15) is 0 Å². The lowest BCUT2D eigenvalue weighted by Crippen LogP contribution is -2.27. The third kappa shape index (κ3) is 1.09. The molecule has 1 unspecified atom stereocenters. The molecule has 1 aliphatic heterocycles. The molecule has 1 aliphatic rings. The Labute approximate surface area is 53.4 Å². The van der Waals surface area contributed by atoms with Crippen molar-refractivity contribution in [2.24, 2.45) is 0 Å². The van der Waals surface area contributed by atoms with Gasteiger partial charge in [0.05, 0.1) is 12.5 Å². The van der Waals surface area contributed by atoms with Crippen molar-refractivity contribution in [1.29, 1.82) is 0 Å². The van der Waals surface area contributed by atoms with E-state index in [0.717, 1.165) is 0 Å². The molecule has 3 nitrogen and oxygen atoms in total. The first-order valence-electron chi connectivity index (χ1n) is 3.06. The van der Waals surface area contributed by atoms with Crippen LogP contribution in [-0.2, 0) is 9.59 Å². The maximum Gasteiger partial charge on any atom is 0.228 e. The van der Waals surface area contributed by atoms with Gasteiger partial charge in [-0.05, 0) is 6.42 Å². The van der Waals surface area contributed by atoms with E-state index in [0.29, 0.717) is 6.42 Å². The summed E-state index contributed by atoms with van der Waals surface area (Å²) in [5.41, 5.74) is 0. The Bertz CT molecular complexity index is 153. The molecule has 0 aromatic rings. The first-order valence-corrected chi connectivity index (χ1v) is 3.06. The maximum absolute atomic E-state index is 10.7. The fraction of sp³-hybridized carbons (Fsp3) is 0.667. The van der Waals surface area contributed by atoms with Gasteiger partial charge in [0.25, 0.3) is 0 Å². The molecule has 50 valence electrons. The Hall–Kier alpha value is -0.860. The monoisotopic (exact) mass is 127 g/mol. The summed E-state index contributed by atoms with van der Waals surface area (Å²) in [6.07, 6.45) is 0.795. The van der Waals surface area contributed by atoms with Gasteiger partial charge < -0.3 is 5.32 Å². The molecule has 1 saturated heterocycles. The lowest BCUT2D eigenvalue weighted by molar-refractivity contribution is -0.122. The topological polar surface area (TPSA) is 46.2 Å². The van der Waals surface area contributed by atoms with Crippen LogP contribution in [0.1, 0.15) is 19.8 Å². The highest BCUT2D eigenvalue weighted by Crippen LogP contribution is 2.04. The largest absolute Gasteiger partial charge is 0.346 e. The summed E-state index contributed by atoms with van der Waals surface area (Å²) < 4.78 is 0. The van der Waals surface area contributed by atoms with Crippen LogP contribution in [0.25, 0.3) is 0 Å². The third-order valence-electron chi connectivity index (χ3n) is 1.47. The molecular formula is C6H9NO2. The second-order valence-corrected chi connectivity index (χ2v) is 2.17. The summed E-state index contributed by atoms with van der Waals surface area (Å²) in [4.78, 5) is 21.2. The molecule has 1 heterocycles. The highest BCUT2D eigenvalue weighted by Gasteiger charge is 2.27. The molecule has 1 atom stereocenters. The average molecular weight is 127 g/mol. The standard InChI is InChI=1S/C6H9NO2/c1-2-4-5(8)3-6(9)7-4/h4H,2-3H2,1H3,(H,7,9). The van der Waals surface area contributed by atoms with Crippen LogP contribution in [0, 0.1) is 0 Å². The zero-order chi connectivity index (χ0) is 6.85. The molecule has 0 aliphatic carbocycles. The molecule has 0 spiro atoms. The molecule has 1 amide bonds. The molecule has 3 heteroatoms. The Morgan fingerprint density at radius 2 is 2.33 bits per heavy atom. The van der Waals surface area contributed by atoms with Crippen molar-refractivity contribution in [2.75, 3.05) is 0 Å². The average Bonchev–Trinajstić information content (AvgIpc) is 2.10. The lowest BCUT2D eigenvalue weighted by atomic mass is 10.2. The number of hydrogen-bond donors (Lipinski definition) is 1. The van der Waals surface area contributed by atoms with Crippen LogP contribution in [0.4, 0.5) is 0 Å². The van der Waals surface area contributed by atoms with Gasteiger partial charge in [0.15, 0.2) is 5.78 Å². The third-order valence-corrected chi connectivity index (χ3v) is 1.47. The minimum atomic E-state index is -0.197. The van der Waals surface area contributed by atoms with Crippen molar-refractivity contribution in [3.8, 4) is 0 Å². The van der Waals surface area contributed by atoms with E-state index in [1.165, 1.54) is 0 Å². The number of ketones is 1. The molecule has 9 heavy (non-hydrogen) atoms. The number of carbonyl (C=O) groups is 2. The predicted molar refractivity (Wildman–Crippen MR) is 31.8 cm³/mol. The summed E-state index contributed by atoms with van der Waals surface area (Å²) in [6, 6.07) is -0.197. The van der Waals surface area contributed by atoms with Crippen LogP contribution >= 0.6 is 0 Å². The zero-order valence-corrected chi connectivity index (χ0v) is 5.31. The van der Waals surface area contributed by atoms with Crippen LogP contribution in [0.5, 0.6) is 0 Å². The lowest BCUT2D eigenvalue weighted by Gasteiger charge is -2.01. The van der Waals surface area contributed by atoms with E-state index in [-0.39, 0.29) is 24.2 Å². The fourth-order valence-corrected chi connectivity index (χ4v) is 0.937. The van der Waals surface area contributed by atoms with E-state index in [9.17, 15) is 9.59 Å². The second kappa shape index (κ2) is 2.17. The van der Waals surface area contributed by atoms with Crippen molar-refractivity contribution in [1.82, 2.24) is 5.32 Å². The molecule has 0 aromatic carbocycles. The van der Waals surface area contributed by atoms with E-state index < -0.39 is 0 Å². The number of amides is 1. The molecule has 1 rings (SSSR count). The SMILES string of the molecule is CCC1NC(=O)CC1=O. The first-order chi connectivity index (χ1) is 4.24. The number of Topliss-reactive ketones (excluding diaryl/α,β-unsaturated/α-hetero) is 1. The normalized spacial score (nSPS) is 26.6. The van der Waals surface area contributed by atoms with Gasteiger partial charge in [0.1, 0.15) is 0 Å². The Morgan fingerprint density at radius 1 is 1.67 bits per heavy atom. The number of carbonyl (C=O) groups excluding carboxylic acids is 2. The summed E-state index contributed by atoms with van der Waals surface area (Å²) in [6.45, 7) is 1.88. The van der Waals surface area contributed by atoms with Crippen molar-refractivity contribution in [3.05, 3.63) is 0 Å². The molecule has 0 bridgehead atoms. The van der Waals surface area contributed by atoms with Gasteiger partial charge in [-0.3, -0.25) is 9.59 Å². The predicted octanol–water partition coefficient (Wildman–Crippen LogP) is -0.146. The first kappa shape index (κ1) is 6.26. The van der Waals surface area contributed by atoms with E-state index in [2.05, 4.69) is 5.32 Å². The minimum absolute atomic E-state index is 0.0301. The van der Waals surface area contributed by atoms with Gasteiger partial charge in [-0.1, -0.05) is 6.92 Å². The summed E-state index contributed by atoms with van der Waals surface area (Å²) >= 11 is 0. The van der Waals surface area contributed by atoms with Crippen LogP contribution in [0.15, 0.2) is 0 Å². The van der Waals surface area contributed by atoms with Gasteiger partial charge in [-0.15, -0.1) is 0 Å². The Balaban J connectivity index is 2.58. The van der Waals surface area contributed by atoms with Gasteiger partial charge >= 0.3 is 0 Å². The van der Waals surface area contributed by atoms with Crippen LogP contribution < -0.4 is 5.32 Å². The van der Waals surface area contributed by atoms with Gasteiger partial charge in [0, 0.05) is 0 Å². The van der Waals surface area contributed by atoms with E-state index in [1.807, 2.05) is 6.92 Å². The van der Waals surface area contributed by atoms with Crippen LogP contribution in [-0.4, -0.2) is 17.7 Å². The minimum Gasteiger partial charge on any atom is -0.346 e. The Morgan fingerprint density at radius 3 is 2.56 bits per heavy atom. The molecule has 0 radical (unpaired) electrons. The molecule has 0 saturated carbocycles. The van der Waals surface area contributed by atoms with Crippen LogP contribution in [0.2, 0.25) is 0 Å². The molecule has 1 N–H and O–H groups in total. The van der Waals surface area contributed by atoms with Crippen molar-refractivity contribution in [3.63, 3.8) is 0 Å². The molecule has 1 fully saturated rings. The number of hydrogen-bond acceptors (Lipinski definition) is 2. The number of rotatable bonds is 1. The maximum atomic E-state index is 10.7. The fourth-order valence-electron chi connectivity index (χ4n) is 0.937. The van der Waals surface area contributed by atoms with Gasteiger partial charge in [-0.25, -0.2) is 0 Å². The van der Waals surface area contributed by atoms with E-state index in [1.54, 1.807) is 0 Å². The van der Waals surface area contributed by atoms with Crippen molar-refractivity contribution < 1.29 is 9.59 Å².